The van der Waals surface area contributed by atoms with E-state index in [0.29, 0.717) is 33.7 Å². The Morgan fingerprint density at radius 3 is 2.21 bits per heavy atom. The van der Waals surface area contributed by atoms with Crippen LogP contribution < -0.4 is 19.7 Å². The summed E-state index contributed by atoms with van der Waals surface area (Å²) in [6.45, 7) is 4.78. The molecule has 202 valence electrons. The number of anilines is 2. The lowest BCUT2D eigenvalue weighted by Gasteiger charge is -2.27. The standard InChI is InChI=1S/C25H29N5O7S/c1-15(31)26-20-13-22(30(8-10-36-16(2)32)9-11-37-17(3)33)23(35-5)14-21(20)28-29-25-27-19-7-6-18(34-4)12-24(19)38-25/h6-7,12-14H,8-11H2,1-5H3,(H,26,31). The van der Waals surface area contributed by atoms with Gasteiger partial charge in [0.2, 0.25) is 11.0 Å². The van der Waals surface area contributed by atoms with E-state index in [1.807, 2.05) is 23.1 Å². The Labute approximate surface area is 223 Å². The van der Waals surface area contributed by atoms with Crippen molar-refractivity contribution in [3.05, 3.63) is 30.3 Å². The molecule has 0 aliphatic carbocycles. The normalized spacial score (nSPS) is 10.9. The zero-order chi connectivity index (χ0) is 27.7. The third kappa shape index (κ3) is 7.87. The molecule has 13 heteroatoms. The first kappa shape index (κ1) is 28.3. The molecule has 0 spiro atoms. The number of hydrogen-bond donors (Lipinski definition) is 1. The molecule has 0 bridgehead atoms. The van der Waals surface area contributed by atoms with Gasteiger partial charge in [0, 0.05) is 26.8 Å². The number of fused-ring (bicyclic) bond motifs is 1. The summed E-state index contributed by atoms with van der Waals surface area (Å²) >= 11 is 1.35. The van der Waals surface area contributed by atoms with Gasteiger partial charge in [-0.3, -0.25) is 14.4 Å². The number of azo groups is 1. The number of thiazole rings is 1. The van der Waals surface area contributed by atoms with Crippen LogP contribution in [0.5, 0.6) is 11.5 Å². The highest BCUT2D eigenvalue weighted by molar-refractivity contribution is 7.21. The number of aromatic nitrogens is 1. The third-order valence-corrected chi connectivity index (χ3v) is 6.01. The predicted molar refractivity (Wildman–Crippen MR) is 143 cm³/mol. The largest absolute Gasteiger partial charge is 0.497 e. The second-order valence-corrected chi connectivity index (χ2v) is 8.93. The summed E-state index contributed by atoms with van der Waals surface area (Å²) in [5.74, 6) is -0.00611. The molecule has 0 aliphatic rings. The van der Waals surface area contributed by atoms with Crippen LogP contribution in [0.25, 0.3) is 10.2 Å². The first-order valence-electron chi connectivity index (χ1n) is 11.6. The lowest BCUT2D eigenvalue weighted by atomic mass is 10.2. The molecule has 0 atom stereocenters. The number of rotatable bonds is 12. The fourth-order valence-electron chi connectivity index (χ4n) is 3.45. The number of ether oxygens (including phenoxy) is 4. The number of benzene rings is 2. The smallest absolute Gasteiger partial charge is 0.302 e. The molecule has 1 amide bonds. The van der Waals surface area contributed by atoms with Crippen LogP contribution in [0.4, 0.5) is 22.2 Å². The quantitative estimate of drug-likeness (QED) is 0.256. The average Bonchev–Trinajstić information content (AvgIpc) is 3.28. The van der Waals surface area contributed by atoms with Crippen molar-refractivity contribution < 1.29 is 33.3 Å². The molecule has 0 unspecified atom stereocenters. The summed E-state index contributed by atoms with van der Waals surface area (Å²) in [4.78, 5) is 40.8. The molecule has 0 fully saturated rings. The van der Waals surface area contributed by atoms with Crippen molar-refractivity contribution in [2.45, 2.75) is 20.8 Å². The van der Waals surface area contributed by atoms with Gasteiger partial charge in [0.25, 0.3) is 0 Å². The predicted octanol–water partition coefficient (Wildman–Crippen LogP) is 4.62. The number of amides is 1. The topological polar surface area (TPSA) is 141 Å². The minimum Gasteiger partial charge on any atom is -0.497 e. The minimum absolute atomic E-state index is 0.0951. The van der Waals surface area contributed by atoms with Gasteiger partial charge >= 0.3 is 11.9 Å². The Hall–Kier alpha value is -4.26. The van der Waals surface area contributed by atoms with Gasteiger partial charge < -0.3 is 29.2 Å². The van der Waals surface area contributed by atoms with Crippen molar-refractivity contribution in [2.75, 3.05) is 50.7 Å². The molecule has 12 nitrogen and oxygen atoms in total. The van der Waals surface area contributed by atoms with Crippen LogP contribution in [0, 0.1) is 0 Å². The van der Waals surface area contributed by atoms with E-state index >= 15 is 0 Å². The van der Waals surface area contributed by atoms with E-state index in [0.717, 1.165) is 10.2 Å². The molecule has 0 saturated carbocycles. The number of methoxy groups -OCH3 is 2. The second-order valence-electron chi connectivity index (χ2n) is 7.92. The highest BCUT2D eigenvalue weighted by Crippen LogP contribution is 2.40. The zero-order valence-corrected chi connectivity index (χ0v) is 22.6. The third-order valence-electron chi connectivity index (χ3n) is 5.11. The first-order valence-corrected chi connectivity index (χ1v) is 12.4. The van der Waals surface area contributed by atoms with Gasteiger partial charge in [0.05, 0.1) is 48.9 Å². The van der Waals surface area contributed by atoms with Gasteiger partial charge in [-0.05, 0) is 24.3 Å². The number of nitrogens with zero attached hydrogens (tertiary/aromatic N) is 4. The number of hydrogen-bond acceptors (Lipinski definition) is 12. The zero-order valence-electron chi connectivity index (χ0n) is 21.8. The summed E-state index contributed by atoms with van der Waals surface area (Å²) in [5, 5.41) is 11.8. The van der Waals surface area contributed by atoms with E-state index in [4.69, 9.17) is 18.9 Å². The summed E-state index contributed by atoms with van der Waals surface area (Å²) in [6, 6.07) is 8.83. The average molecular weight is 544 g/mol. The van der Waals surface area contributed by atoms with E-state index in [-0.39, 0.29) is 32.2 Å². The van der Waals surface area contributed by atoms with Crippen LogP contribution in [0.3, 0.4) is 0 Å². The Bertz CT molecular complexity index is 1320. The summed E-state index contributed by atoms with van der Waals surface area (Å²) in [7, 11) is 3.09. The minimum atomic E-state index is -0.417. The van der Waals surface area contributed by atoms with Gasteiger partial charge in [0.15, 0.2) is 0 Å². The van der Waals surface area contributed by atoms with Crippen molar-refractivity contribution in [1.29, 1.82) is 0 Å². The van der Waals surface area contributed by atoms with Crippen LogP contribution >= 0.6 is 11.3 Å². The number of carbonyl (C=O) groups excluding carboxylic acids is 3. The highest BCUT2D eigenvalue weighted by Gasteiger charge is 2.18. The maximum atomic E-state index is 12.0. The van der Waals surface area contributed by atoms with E-state index < -0.39 is 11.9 Å². The monoisotopic (exact) mass is 543 g/mol. The molecule has 1 heterocycles. The Morgan fingerprint density at radius 2 is 1.63 bits per heavy atom. The van der Waals surface area contributed by atoms with Crippen LogP contribution in [0.2, 0.25) is 0 Å². The van der Waals surface area contributed by atoms with E-state index in [9.17, 15) is 14.4 Å². The Balaban J connectivity index is 1.97. The van der Waals surface area contributed by atoms with Gasteiger partial charge in [-0.25, -0.2) is 4.98 Å². The maximum absolute atomic E-state index is 12.0. The lowest BCUT2D eigenvalue weighted by Crippen LogP contribution is -2.32. The first-order chi connectivity index (χ1) is 18.2. The van der Waals surface area contributed by atoms with Crippen molar-refractivity contribution in [1.82, 2.24) is 4.98 Å². The van der Waals surface area contributed by atoms with Gasteiger partial charge in [-0.15, -0.1) is 10.2 Å². The molecule has 2 aromatic carbocycles. The molecule has 3 aromatic rings. The Kier molecular flexibility index (Phi) is 9.93. The van der Waals surface area contributed by atoms with E-state index in [1.54, 1.807) is 19.2 Å². The Morgan fingerprint density at radius 1 is 0.947 bits per heavy atom. The van der Waals surface area contributed by atoms with Crippen LogP contribution in [0.1, 0.15) is 20.8 Å². The van der Waals surface area contributed by atoms with Crippen molar-refractivity contribution in [2.24, 2.45) is 10.2 Å². The van der Waals surface area contributed by atoms with E-state index in [2.05, 4.69) is 20.5 Å². The highest BCUT2D eigenvalue weighted by atomic mass is 32.1. The van der Waals surface area contributed by atoms with Gasteiger partial charge in [-0.1, -0.05) is 11.3 Å². The van der Waals surface area contributed by atoms with Crippen molar-refractivity contribution in [3.63, 3.8) is 0 Å². The molecular weight excluding hydrogens is 514 g/mol. The molecule has 0 aliphatic heterocycles. The van der Waals surface area contributed by atoms with Gasteiger partial charge in [0.1, 0.15) is 30.4 Å². The van der Waals surface area contributed by atoms with E-state index in [1.165, 1.54) is 39.2 Å². The fraction of sp³-hybridized carbons (Fsp3) is 0.360. The molecule has 1 aromatic heterocycles. The number of nitrogens with one attached hydrogen (secondary N) is 1. The van der Waals surface area contributed by atoms with Crippen molar-refractivity contribution in [3.8, 4) is 11.5 Å². The SMILES string of the molecule is COc1ccc2nc(N=Nc3cc(OC)c(N(CCOC(C)=O)CCOC(C)=O)cc3NC(C)=O)sc2c1. The molecule has 3 rings (SSSR count). The van der Waals surface area contributed by atoms with Crippen LogP contribution in [0.15, 0.2) is 40.6 Å². The summed E-state index contributed by atoms with van der Waals surface area (Å²) in [6.07, 6.45) is 0. The summed E-state index contributed by atoms with van der Waals surface area (Å²) < 4.78 is 22.0. The van der Waals surface area contributed by atoms with Crippen LogP contribution in [-0.4, -0.2) is 63.4 Å². The number of esters is 2. The molecule has 1 N–H and O–H groups in total. The lowest BCUT2D eigenvalue weighted by molar-refractivity contribution is -0.141. The fourth-order valence-corrected chi connectivity index (χ4v) is 4.27. The molecule has 0 radical (unpaired) electrons. The molecule has 0 saturated heterocycles. The van der Waals surface area contributed by atoms with Crippen LogP contribution in [-0.2, 0) is 23.9 Å². The van der Waals surface area contributed by atoms with Crippen molar-refractivity contribution >= 4 is 61.6 Å². The van der Waals surface area contributed by atoms with Gasteiger partial charge in [-0.2, -0.15) is 0 Å². The molecule has 38 heavy (non-hydrogen) atoms. The number of carbonyl (C=O) groups is 3. The maximum Gasteiger partial charge on any atom is 0.302 e. The molecular formula is C25H29N5O7S. The second kappa shape index (κ2) is 13.3. The summed E-state index contributed by atoms with van der Waals surface area (Å²) in [5.41, 5.74) is 2.06.